The third-order valence-corrected chi connectivity index (χ3v) is 6.90. The van der Waals surface area contributed by atoms with Crippen LogP contribution in [0.5, 0.6) is 0 Å². The van der Waals surface area contributed by atoms with Gasteiger partial charge in [0, 0.05) is 19.4 Å². The smallest absolute Gasteiger partial charge is 0.303 e. The molecular weight excluding hydrogens is 368 g/mol. The predicted molar refractivity (Wildman–Crippen MR) is 112 cm³/mol. The summed E-state index contributed by atoms with van der Waals surface area (Å²) in [4.78, 5) is 10.7. The van der Waals surface area contributed by atoms with E-state index in [0.29, 0.717) is 31.3 Å². The standard InChI is InChI=1S/C24H36O5/c25-19(11-9-17-5-2-1-3-6-17)12-14-20-21-13-10-18(7-4-8-24(27)28)16-29-23(21)15-22(20)26/h1-3,5-6,18-23,25-26H,4,7-16H2,(H,27,28)/t18-,19+,20+,21+,22+,23-/m0/s1. The van der Waals surface area contributed by atoms with E-state index < -0.39 is 5.97 Å². The molecule has 0 aromatic heterocycles. The van der Waals surface area contributed by atoms with E-state index in [-0.39, 0.29) is 30.7 Å². The maximum absolute atomic E-state index is 10.7. The van der Waals surface area contributed by atoms with Crippen molar-refractivity contribution in [1.82, 2.24) is 0 Å². The number of aliphatic carboxylic acids is 1. The molecule has 6 atom stereocenters. The molecule has 1 aromatic carbocycles. The largest absolute Gasteiger partial charge is 0.481 e. The number of aryl methyl sites for hydroxylation is 1. The highest BCUT2D eigenvalue weighted by atomic mass is 16.5. The first-order chi connectivity index (χ1) is 14.0. The number of fused-ring (bicyclic) bond motifs is 1. The Balaban J connectivity index is 1.43. The van der Waals surface area contributed by atoms with E-state index in [9.17, 15) is 15.0 Å². The fourth-order valence-corrected chi connectivity index (χ4v) is 5.19. The van der Waals surface area contributed by atoms with Gasteiger partial charge in [-0.2, -0.15) is 0 Å². The molecule has 0 bridgehead atoms. The van der Waals surface area contributed by atoms with Crippen molar-refractivity contribution in [1.29, 1.82) is 0 Å². The van der Waals surface area contributed by atoms with Crippen molar-refractivity contribution in [3.8, 4) is 0 Å². The zero-order valence-electron chi connectivity index (χ0n) is 17.3. The number of carboxylic acids is 1. The molecule has 162 valence electrons. The fourth-order valence-electron chi connectivity index (χ4n) is 5.19. The van der Waals surface area contributed by atoms with Gasteiger partial charge in [0.1, 0.15) is 0 Å². The first-order valence-electron chi connectivity index (χ1n) is 11.3. The number of benzene rings is 1. The van der Waals surface area contributed by atoms with Gasteiger partial charge in [0.15, 0.2) is 0 Å². The highest BCUT2D eigenvalue weighted by Gasteiger charge is 2.44. The average Bonchev–Trinajstić information content (AvgIpc) is 2.87. The molecule has 2 fully saturated rings. The van der Waals surface area contributed by atoms with Gasteiger partial charge in [-0.3, -0.25) is 4.79 Å². The lowest BCUT2D eigenvalue weighted by Crippen LogP contribution is -2.24. The fraction of sp³-hybridized carbons (Fsp3) is 0.708. The van der Waals surface area contributed by atoms with Crippen LogP contribution in [0.1, 0.15) is 63.4 Å². The van der Waals surface area contributed by atoms with Gasteiger partial charge in [-0.1, -0.05) is 30.3 Å². The summed E-state index contributed by atoms with van der Waals surface area (Å²) in [5.41, 5.74) is 1.25. The highest BCUT2D eigenvalue weighted by molar-refractivity contribution is 5.66. The van der Waals surface area contributed by atoms with Crippen LogP contribution in [0.4, 0.5) is 0 Å². The second kappa shape index (κ2) is 11.1. The van der Waals surface area contributed by atoms with Gasteiger partial charge < -0.3 is 20.1 Å². The van der Waals surface area contributed by atoms with Crippen molar-refractivity contribution in [3.63, 3.8) is 0 Å². The van der Waals surface area contributed by atoms with Crippen LogP contribution in [-0.4, -0.2) is 46.2 Å². The Morgan fingerprint density at radius 1 is 1.14 bits per heavy atom. The Hall–Kier alpha value is -1.43. The Morgan fingerprint density at radius 3 is 2.69 bits per heavy atom. The van der Waals surface area contributed by atoms with Gasteiger partial charge in [0.2, 0.25) is 0 Å². The topological polar surface area (TPSA) is 87.0 Å². The van der Waals surface area contributed by atoms with Crippen LogP contribution in [0.2, 0.25) is 0 Å². The number of aliphatic hydroxyl groups is 2. The van der Waals surface area contributed by atoms with Crippen LogP contribution in [0.25, 0.3) is 0 Å². The molecular formula is C24H36O5. The maximum Gasteiger partial charge on any atom is 0.303 e. The molecule has 2 aliphatic rings. The number of hydrogen-bond donors (Lipinski definition) is 3. The van der Waals surface area contributed by atoms with Crippen molar-refractivity contribution in [2.75, 3.05) is 6.61 Å². The van der Waals surface area contributed by atoms with E-state index >= 15 is 0 Å². The van der Waals surface area contributed by atoms with Crippen LogP contribution in [0.3, 0.4) is 0 Å². The van der Waals surface area contributed by atoms with Gasteiger partial charge >= 0.3 is 5.97 Å². The van der Waals surface area contributed by atoms with Gasteiger partial charge in [0.05, 0.1) is 18.3 Å². The van der Waals surface area contributed by atoms with Crippen molar-refractivity contribution in [2.45, 2.75) is 82.5 Å². The number of carbonyl (C=O) groups is 1. The van der Waals surface area contributed by atoms with Gasteiger partial charge in [-0.15, -0.1) is 0 Å². The molecule has 5 heteroatoms. The van der Waals surface area contributed by atoms with E-state index in [4.69, 9.17) is 9.84 Å². The molecule has 1 aliphatic heterocycles. The normalized spacial score (nSPS) is 30.5. The van der Waals surface area contributed by atoms with Crippen molar-refractivity contribution in [3.05, 3.63) is 35.9 Å². The Morgan fingerprint density at radius 2 is 1.93 bits per heavy atom. The molecule has 29 heavy (non-hydrogen) atoms. The summed E-state index contributed by atoms with van der Waals surface area (Å²) in [6.45, 7) is 0.680. The van der Waals surface area contributed by atoms with Crippen LogP contribution >= 0.6 is 0 Å². The Labute approximate surface area is 174 Å². The summed E-state index contributed by atoms with van der Waals surface area (Å²) in [7, 11) is 0. The molecule has 1 saturated heterocycles. The Kier molecular flexibility index (Phi) is 8.52. The first-order valence-corrected chi connectivity index (χ1v) is 11.3. The van der Waals surface area contributed by atoms with Crippen molar-refractivity contribution in [2.24, 2.45) is 17.8 Å². The van der Waals surface area contributed by atoms with E-state index in [2.05, 4.69) is 12.1 Å². The van der Waals surface area contributed by atoms with Crippen LogP contribution in [0, 0.1) is 17.8 Å². The second-order valence-corrected chi connectivity index (χ2v) is 8.99. The van der Waals surface area contributed by atoms with Gasteiger partial charge in [0.25, 0.3) is 0 Å². The van der Waals surface area contributed by atoms with Crippen LogP contribution < -0.4 is 0 Å². The summed E-state index contributed by atoms with van der Waals surface area (Å²) >= 11 is 0. The van der Waals surface area contributed by atoms with E-state index in [1.165, 1.54) is 5.56 Å². The lowest BCUT2D eigenvalue weighted by atomic mass is 9.83. The first kappa shape index (κ1) is 22.3. The van der Waals surface area contributed by atoms with Crippen molar-refractivity contribution >= 4 is 5.97 Å². The molecule has 3 N–H and O–H groups in total. The molecule has 1 saturated carbocycles. The summed E-state index contributed by atoms with van der Waals surface area (Å²) < 4.78 is 6.14. The number of rotatable bonds is 10. The zero-order chi connectivity index (χ0) is 20.6. The van der Waals surface area contributed by atoms with E-state index in [1.54, 1.807) is 0 Å². The minimum atomic E-state index is -0.731. The molecule has 1 aromatic rings. The number of ether oxygens (including phenoxy) is 1. The van der Waals surface area contributed by atoms with E-state index in [0.717, 1.165) is 44.9 Å². The molecule has 3 rings (SSSR count). The molecule has 0 radical (unpaired) electrons. The summed E-state index contributed by atoms with van der Waals surface area (Å²) in [6.07, 6.45) is 7.23. The maximum atomic E-state index is 10.7. The minimum Gasteiger partial charge on any atom is -0.481 e. The minimum absolute atomic E-state index is 0.112. The zero-order valence-corrected chi connectivity index (χ0v) is 17.3. The third kappa shape index (κ3) is 6.80. The second-order valence-electron chi connectivity index (χ2n) is 8.99. The average molecular weight is 405 g/mol. The van der Waals surface area contributed by atoms with Crippen molar-refractivity contribution < 1.29 is 24.9 Å². The summed E-state index contributed by atoms with van der Waals surface area (Å²) in [5, 5.41) is 29.8. The summed E-state index contributed by atoms with van der Waals surface area (Å²) in [6, 6.07) is 10.2. The predicted octanol–water partition coefficient (Wildman–Crippen LogP) is 3.81. The highest BCUT2D eigenvalue weighted by Crippen LogP contribution is 2.43. The summed E-state index contributed by atoms with van der Waals surface area (Å²) in [5.74, 6) is 0.250. The van der Waals surface area contributed by atoms with Crippen LogP contribution in [0.15, 0.2) is 30.3 Å². The third-order valence-electron chi connectivity index (χ3n) is 6.90. The molecule has 0 spiro atoms. The van der Waals surface area contributed by atoms with Gasteiger partial charge in [-0.25, -0.2) is 0 Å². The molecule has 0 unspecified atom stereocenters. The lowest BCUT2D eigenvalue weighted by molar-refractivity contribution is -0.137. The van der Waals surface area contributed by atoms with Gasteiger partial charge in [-0.05, 0) is 74.7 Å². The lowest BCUT2D eigenvalue weighted by Gasteiger charge is -2.24. The SMILES string of the molecule is O=C(O)CCC[C@H]1CC[C@@H]2[C@@H](CC[C@H](O)CCc3ccccc3)[C@H](O)C[C@@H]2OC1. The number of hydrogen-bond acceptors (Lipinski definition) is 4. The van der Waals surface area contributed by atoms with E-state index in [1.807, 2.05) is 18.2 Å². The Bertz CT molecular complexity index is 619. The monoisotopic (exact) mass is 404 g/mol. The molecule has 1 heterocycles. The quantitative estimate of drug-likeness (QED) is 0.552. The van der Waals surface area contributed by atoms with Crippen LogP contribution in [-0.2, 0) is 16.0 Å². The molecule has 0 amide bonds. The number of aliphatic hydroxyl groups excluding tert-OH is 2. The molecule has 5 nitrogen and oxygen atoms in total. The number of carboxylic acid groups (broad SMARTS) is 1. The molecule has 1 aliphatic carbocycles.